The number of aryl methyl sites for hydroxylation is 2. The number of hydrogen-bond donors (Lipinski definition) is 0. The number of carbonyl (C=O) groups excluding carboxylic acids is 2. The number of alkyl halides is 1. The van der Waals surface area contributed by atoms with Crippen LogP contribution in [0.5, 0.6) is 0 Å². The third-order valence-electron chi connectivity index (χ3n) is 3.17. The number of anilines is 1. The minimum Gasteiger partial charge on any atom is -0.304 e. The maximum atomic E-state index is 12.0. The fourth-order valence-electron chi connectivity index (χ4n) is 2.33. The van der Waals surface area contributed by atoms with Gasteiger partial charge in [-0.15, -0.1) is 11.6 Å². The molecule has 0 radical (unpaired) electrons. The van der Waals surface area contributed by atoms with E-state index in [1.54, 1.807) is 4.90 Å². The Morgan fingerprint density at radius 2 is 1.94 bits per heavy atom. The Labute approximate surface area is 112 Å². The molecule has 1 aromatic carbocycles. The molecular weight excluding hydrogens is 250 g/mol. The highest BCUT2D eigenvalue weighted by atomic mass is 35.5. The molecule has 0 aromatic heterocycles. The van der Waals surface area contributed by atoms with Gasteiger partial charge in [-0.1, -0.05) is 13.0 Å². The quantitative estimate of drug-likeness (QED) is 0.622. The monoisotopic (exact) mass is 265 g/mol. The number of amides is 1. The van der Waals surface area contributed by atoms with Gasteiger partial charge in [0.1, 0.15) is 0 Å². The maximum Gasteiger partial charge on any atom is 0.299 e. The van der Waals surface area contributed by atoms with Gasteiger partial charge in [-0.05, 0) is 37.0 Å². The molecule has 1 heterocycles. The molecule has 0 fully saturated rings. The normalized spacial score (nSPS) is 16.1. The Kier molecular flexibility index (Phi) is 3.44. The summed E-state index contributed by atoms with van der Waals surface area (Å²) in [6, 6.07) is 3.82. The first-order valence-corrected chi connectivity index (χ1v) is 6.52. The summed E-state index contributed by atoms with van der Waals surface area (Å²) in [6.45, 7) is 6.28. The number of ketones is 1. The lowest BCUT2D eigenvalue weighted by molar-refractivity contribution is -0.114. The van der Waals surface area contributed by atoms with E-state index in [2.05, 4.69) is 0 Å². The van der Waals surface area contributed by atoms with Gasteiger partial charge in [-0.25, -0.2) is 0 Å². The molecule has 18 heavy (non-hydrogen) atoms. The molecule has 0 saturated carbocycles. The third kappa shape index (κ3) is 2.03. The molecule has 0 saturated heterocycles. The molecule has 3 nitrogen and oxygen atoms in total. The van der Waals surface area contributed by atoms with Crippen molar-refractivity contribution >= 4 is 29.0 Å². The van der Waals surface area contributed by atoms with E-state index in [4.69, 9.17) is 11.6 Å². The Balaban J connectivity index is 2.48. The van der Waals surface area contributed by atoms with Crippen LogP contribution in [0.3, 0.4) is 0 Å². The molecule has 1 aromatic rings. The van der Waals surface area contributed by atoms with Gasteiger partial charge in [0, 0.05) is 12.4 Å². The number of halogens is 1. The van der Waals surface area contributed by atoms with Crippen LogP contribution >= 0.6 is 11.6 Å². The van der Waals surface area contributed by atoms with Crippen molar-refractivity contribution in [3.05, 3.63) is 28.8 Å². The molecule has 2 rings (SSSR count). The SMILES string of the molecule is Cc1cc(C)c2c(c1)N(CC(C)CCl)C(=O)C2=O. The van der Waals surface area contributed by atoms with Crippen LogP contribution in [0.15, 0.2) is 12.1 Å². The van der Waals surface area contributed by atoms with Crippen LogP contribution in [0.2, 0.25) is 0 Å². The predicted octanol–water partition coefficient (Wildman–Crippen LogP) is 2.71. The number of hydrogen-bond acceptors (Lipinski definition) is 2. The van der Waals surface area contributed by atoms with Crippen molar-refractivity contribution in [1.82, 2.24) is 0 Å². The van der Waals surface area contributed by atoms with E-state index in [9.17, 15) is 9.59 Å². The largest absolute Gasteiger partial charge is 0.304 e. The molecule has 1 unspecified atom stereocenters. The minimum atomic E-state index is -0.435. The summed E-state index contributed by atoms with van der Waals surface area (Å²) in [7, 11) is 0. The van der Waals surface area contributed by atoms with E-state index < -0.39 is 11.7 Å². The van der Waals surface area contributed by atoms with Crippen LogP contribution < -0.4 is 4.90 Å². The summed E-state index contributed by atoms with van der Waals surface area (Å²) in [6.07, 6.45) is 0. The molecule has 4 heteroatoms. The first-order chi connectivity index (χ1) is 8.45. The van der Waals surface area contributed by atoms with Crippen LogP contribution in [0, 0.1) is 19.8 Å². The van der Waals surface area contributed by atoms with Gasteiger partial charge in [0.2, 0.25) is 0 Å². The van der Waals surface area contributed by atoms with Crippen molar-refractivity contribution in [1.29, 1.82) is 0 Å². The zero-order chi connectivity index (χ0) is 13.4. The highest BCUT2D eigenvalue weighted by Gasteiger charge is 2.37. The van der Waals surface area contributed by atoms with Crippen LogP contribution in [0.4, 0.5) is 5.69 Å². The topological polar surface area (TPSA) is 37.4 Å². The molecule has 0 N–H and O–H groups in total. The predicted molar refractivity (Wildman–Crippen MR) is 72.5 cm³/mol. The van der Waals surface area contributed by atoms with Gasteiger partial charge in [-0.2, -0.15) is 0 Å². The lowest BCUT2D eigenvalue weighted by Gasteiger charge is -2.20. The van der Waals surface area contributed by atoms with Crippen molar-refractivity contribution in [2.75, 3.05) is 17.3 Å². The fourth-order valence-corrected chi connectivity index (χ4v) is 2.43. The van der Waals surface area contributed by atoms with Crippen LogP contribution in [-0.2, 0) is 4.79 Å². The standard InChI is InChI=1S/C14H16ClNO2/c1-8-4-10(3)12-11(5-8)16(7-9(2)6-15)14(18)13(12)17/h4-5,9H,6-7H2,1-3H3. The molecule has 96 valence electrons. The van der Waals surface area contributed by atoms with E-state index >= 15 is 0 Å². The van der Waals surface area contributed by atoms with Gasteiger partial charge in [0.25, 0.3) is 11.7 Å². The summed E-state index contributed by atoms with van der Waals surface area (Å²) < 4.78 is 0. The van der Waals surface area contributed by atoms with Crippen molar-refractivity contribution in [2.24, 2.45) is 5.92 Å². The first-order valence-electron chi connectivity index (χ1n) is 5.99. The van der Waals surface area contributed by atoms with Crippen molar-refractivity contribution in [3.8, 4) is 0 Å². The molecule has 1 aliphatic rings. The summed E-state index contributed by atoms with van der Waals surface area (Å²) in [5.74, 6) is -0.201. The maximum absolute atomic E-state index is 12.0. The molecule has 0 aliphatic carbocycles. The number of rotatable bonds is 3. The minimum absolute atomic E-state index is 0.162. The lowest BCUT2D eigenvalue weighted by atomic mass is 10.0. The second-order valence-corrected chi connectivity index (χ2v) is 5.29. The van der Waals surface area contributed by atoms with E-state index in [1.165, 1.54) is 0 Å². The first kappa shape index (κ1) is 13.1. The van der Waals surface area contributed by atoms with Gasteiger partial charge in [0.05, 0.1) is 11.3 Å². The molecule has 1 aliphatic heterocycles. The van der Waals surface area contributed by atoms with Gasteiger partial charge >= 0.3 is 0 Å². The summed E-state index contributed by atoms with van der Waals surface area (Å²) in [5, 5.41) is 0. The lowest BCUT2D eigenvalue weighted by Crippen LogP contribution is -2.34. The highest BCUT2D eigenvalue weighted by Crippen LogP contribution is 2.33. The van der Waals surface area contributed by atoms with E-state index in [-0.39, 0.29) is 5.92 Å². The van der Waals surface area contributed by atoms with Gasteiger partial charge in [-0.3, -0.25) is 9.59 Å². The Morgan fingerprint density at radius 3 is 2.56 bits per heavy atom. The Bertz CT molecular complexity index is 525. The van der Waals surface area contributed by atoms with Gasteiger partial charge < -0.3 is 4.90 Å². The van der Waals surface area contributed by atoms with Crippen LogP contribution in [0.25, 0.3) is 0 Å². The van der Waals surface area contributed by atoms with E-state index in [0.717, 1.165) is 16.8 Å². The van der Waals surface area contributed by atoms with Crippen molar-refractivity contribution in [3.63, 3.8) is 0 Å². The third-order valence-corrected chi connectivity index (χ3v) is 3.70. The van der Waals surface area contributed by atoms with Crippen molar-refractivity contribution < 1.29 is 9.59 Å². The zero-order valence-corrected chi connectivity index (χ0v) is 11.5. The number of nitrogens with zero attached hydrogens (tertiary/aromatic N) is 1. The second kappa shape index (κ2) is 4.73. The molecule has 1 atom stereocenters. The molecule has 0 bridgehead atoms. The second-order valence-electron chi connectivity index (χ2n) is 4.98. The van der Waals surface area contributed by atoms with Crippen LogP contribution in [0.1, 0.15) is 28.4 Å². The fraction of sp³-hybridized carbons (Fsp3) is 0.429. The number of fused-ring (bicyclic) bond motifs is 1. The highest BCUT2D eigenvalue weighted by molar-refractivity contribution is 6.52. The smallest absolute Gasteiger partial charge is 0.299 e. The molecule has 0 spiro atoms. The number of benzene rings is 1. The average molecular weight is 266 g/mol. The summed E-state index contributed by atoms with van der Waals surface area (Å²) in [5.41, 5.74) is 3.20. The summed E-state index contributed by atoms with van der Waals surface area (Å²) >= 11 is 5.78. The molecular formula is C14H16ClNO2. The number of Topliss-reactive ketones (excluding diaryl/α,β-unsaturated/α-hetero) is 1. The Hall–Kier alpha value is -1.35. The number of carbonyl (C=O) groups is 2. The zero-order valence-electron chi connectivity index (χ0n) is 10.8. The molecule has 1 amide bonds. The average Bonchev–Trinajstić information content (AvgIpc) is 2.54. The van der Waals surface area contributed by atoms with Crippen LogP contribution in [-0.4, -0.2) is 24.1 Å². The Morgan fingerprint density at radius 1 is 1.28 bits per heavy atom. The summed E-state index contributed by atoms with van der Waals surface area (Å²) in [4.78, 5) is 25.6. The van der Waals surface area contributed by atoms with E-state index in [0.29, 0.717) is 18.0 Å². The van der Waals surface area contributed by atoms with Gasteiger partial charge in [0.15, 0.2) is 0 Å². The van der Waals surface area contributed by atoms with E-state index in [1.807, 2.05) is 32.9 Å². The van der Waals surface area contributed by atoms with Crippen molar-refractivity contribution in [2.45, 2.75) is 20.8 Å².